The Morgan fingerprint density at radius 3 is 2.56 bits per heavy atom. The van der Waals surface area contributed by atoms with Crippen LogP contribution in [0.2, 0.25) is 0 Å². The normalized spacial score (nSPS) is 15.4. The van der Waals surface area contributed by atoms with E-state index in [1.807, 2.05) is 18.5 Å². The van der Waals surface area contributed by atoms with E-state index in [-0.39, 0.29) is 0 Å². The number of nitrogens with one attached hydrogen (secondary N) is 1. The smallest absolute Gasteiger partial charge is 0.194 e. The van der Waals surface area contributed by atoms with Crippen LogP contribution in [0.1, 0.15) is 32.2 Å². The topological polar surface area (TPSA) is 70.8 Å². The van der Waals surface area contributed by atoms with Crippen LogP contribution in [0, 0.1) is 5.92 Å². The summed E-state index contributed by atoms with van der Waals surface area (Å²) in [6.07, 6.45) is 3.61. The summed E-state index contributed by atoms with van der Waals surface area (Å²) < 4.78 is 7.37. The molecule has 1 aliphatic heterocycles. The highest BCUT2D eigenvalue weighted by Crippen LogP contribution is 2.12. The summed E-state index contributed by atoms with van der Waals surface area (Å²) in [6.45, 7) is 14.4. The van der Waals surface area contributed by atoms with Gasteiger partial charge in [0.05, 0.1) is 7.11 Å². The first-order valence-corrected chi connectivity index (χ1v) is 11.8. The molecule has 2 heterocycles. The highest BCUT2D eigenvalue weighted by molar-refractivity contribution is 5.80. The van der Waals surface area contributed by atoms with Gasteiger partial charge in [0.25, 0.3) is 0 Å². The van der Waals surface area contributed by atoms with Crippen molar-refractivity contribution in [3.63, 3.8) is 0 Å². The Morgan fingerprint density at radius 2 is 1.91 bits per heavy atom. The number of hydrogen-bond donors (Lipinski definition) is 1. The van der Waals surface area contributed by atoms with Crippen molar-refractivity contribution in [3.8, 4) is 5.75 Å². The molecule has 0 atom stereocenters. The van der Waals surface area contributed by atoms with Gasteiger partial charge in [-0.1, -0.05) is 32.9 Å². The van der Waals surface area contributed by atoms with E-state index in [0.29, 0.717) is 5.92 Å². The van der Waals surface area contributed by atoms with Gasteiger partial charge in [-0.05, 0) is 30.0 Å². The van der Waals surface area contributed by atoms with Crippen molar-refractivity contribution in [2.24, 2.45) is 10.9 Å². The summed E-state index contributed by atoms with van der Waals surface area (Å²) in [5, 5.41) is 11.8. The largest absolute Gasteiger partial charge is 0.497 e. The summed E-state index contributed by atoms with van der Waals surface area (Å²) in [4.78, 5) is 9.93. The first-order chi connectivity index (χ1) is 15.6. The van der Waals surface area contributed by atoms with Crippen LogP contribution in [-0.4, -0.2) is 83.4 Å². The number of methoxy groups -OCH3 is 1. The number of piperazine rings is 1. The van der Waals surface area contributed by atoms with Gasteiger partial charge < -0.3 is 19.5 Å². The molecule has 0 radical (unpaired) electrons. The van der Waals surface area contributed by atoms with Gasteiger partial charge in [0.2, 0.25) is 0 Å². The molecule has 1 saturated heterocycles. The van der Waals surface area contributed by atoms with Gasteiger partial charge >= 0.3 is 0 Å². The van der Waals surface area contributed by atoms with Crippen LogP contribution in [0.4, 0.5) is 0 Å². The van der Waals surface area contributed by atoms with Crippen molar-refractivity contribution >= 4 is 5.96 Å². The van der Waals surface area contributed by atoms with Gasteiger partial charge in [-0.15, -0.1) is 10.2 Å². The number of aryl methyl sites for hydroxylation is 1. The quantitative estimate of drug-likeness (QED) is 0.451. The number of guanidine groups is 1. The van der Waals surface area contributed by atoms with E-state index in [4.69, 9.17) is 9.73 Å². The van der Waals surface area contributed by atoms with Crippen molar-refractivity contribution in [1.82, 2.24) is 29.9 Å². The van der Waals surface area contributed by atoms with Crippen molar-refractivity contribution in [2.75, 3.05) is 52.9 Å². The van der Waals surface area contributed by atoms with E-state index in [1.165, 1.54) is 12.1 Å². The molecule has 0 spiro atoms. The molecular formula is C24H39N7O. The number of benzene rings is 1. The van der Waals surface area contributed by atoms with E-state index in [0.717, 1.165) is 76.2 Å². The summed E-state index contributed by atoms with van der Waals surface area (Å²) >= 11 is 0. The Morgan fingerprint density at radius 1 is 1.16 bits per heavy atom. The zero-order valence-electron chi connectivity index (χ0n) is 20.1. The number of rotatable bonds is 10. The van der Waals surface area contributed by atoms with E-state index in [9.17, 15) is 0 Å². The lowest BCUT2D eigenvalue weighted by molar-refractivity contribution is 0.164. The van der Waals surface area contributed by atoms with Gasteiger partial charge in [0.15, 0.2) is 5.96 Å². The number of ether oxygens (including phenoxy) is 1. The molecule has 0 saturated carbocycles. The summed E-state index contributed by atoms with van der Waals surface area (Å²) in [6, 6.07) is 8.25. The number of hydrogen-bond acceptors (Lipinski definition) is 5. The second kappa shape index (κ2) is 12.4. The summed E-state index contributed by atoms with van der Waals surface area (Å²) in [5.41, 5.74) is 1.27. The maximum Gasteiger partial charge on any atom is 0.194 e. The molecule has 2 aromatic rings. The van der Waals surface area contributed by atoms with Gasteiger partial charge in [-0.2, -0.15) is 0 Å². The molecule has 1 N–H and O–H groups in total. The maximum absolute atomic E-state index is 5.26. The van der Waals surface area contributed by atoms with Crippen LogP contribution in [0.15, 0.2) is 35.6 Å². The summed E-state index contributed by atoms with van der Waals surface area (Å²) in [7, 11) is 1.70. The molecule has 0 bridgehead atoms. The van der Waals surface area contributed by atoms with Crippen LogP contribution >= 0.6 is 0 Å². The molecule has 1 aromatic heterocycles. The van der Waals surface area contributed by atoms with Crippen molar-refractivity contribution in [2.45, 2.75) is 40.2 Å². The fraction of sp³-hybridized carbons (Fsp3) is 0.625. The molecule has 0 unspecified atom stereocenters. The molecule has 32 heavy (non-hydrogen) atoms. The third kappa shape index (κ3) is 7.22. The maximum atomic E-state index is 5.26. The van der Waals surface area contributed by atoms with E-state index in [1.54, 1.807) is 7.11 Å². The molecule has 1 aliphatic rings. The zero-order chi connectivity index (χ0) is 22.8. The fourth-order valence-corrected chi connectivity index (χ4v) is 4.04. The molecule has 0 aliphatic carbocycles. The second-order valence-corrected chi connectivity index (χ2v) is 8.71. The van der Waals surface area contributed by atoms with Crippen LogP contribution in [0.5, 0.6) is 5.75 Å². The Hall–Kier alpha value is -2.61. The van der Waals surface area contributed by atoms with Gasteiger partial charge in [-0.3, -0.25) is 9.89 Å². The average Bonchev–Trinajstić information content (AvgIpc) is 3.26. The van der Waals surface area contributed by atoms with E-state index >= 15 is 0 Å². The minimum Gasteiger partial charge on any atom is -0.497 e. The average molecular weight is 442 g/mol. The van der Waals surface area contributed by atoms with Crippen molar-refractivity contribution in [1.29, 1.82) is 0 Å². The molecule has 0 amide bonds. The molecule has 3 rings (SSSR count). The lowest BCUT2D eigenvalue weighted by atomic mass is 10.1. The predicted octanol–water partition coefficient (Wildman–Crippen LogP) is 2.31. The lowest BCUT2D eigenvalue weighted by Gasteiger charge is -2.37. The minimum atomic E-state index is 0.703. The highest BCUT2D eigenvalue weighted by Gasteiger charge is 2.20. The van der Waals surface area contributed by atoms with Crippen LogP contribution in [0.25, 0.3) is 0 Å². The SMILES string of the molecule is CCc1nncn1CCNC(=NCCc1ccc(OC)cc1)N1CCN(CC(C)C)CC1. The molecule has 8 nitrogen and oxygen atoms in total. The van der Waals surface area contributed by atoms with E-state index in [2.05, 4.69) is 62.8 Å². The van der Waals surface area contributed by atoms with Crippen LogP contribution in [0.3, 0.4) is 0 Å². The predicted molar refractivity (Wildman–Crippen MR) is 129 cm³/mol. The van der Waals surface area contributed by atoms with Crippen LogP contribution in [-0.2, 0) is 19.4 Å². The minimum absolute atomic E-state index is 0.703. The third-order valence-electron chi connectivity index (χ3n) is 5.76. The highest BCUT2D eigenvalue weighted by atomic mass is 16.5. The Balaban J connectivity index is 1.58. The Kier molecular flexibility index (Phi) is 9.34. The Labute approximate surface area is 192 Å². The standard InChI is InChI=1S/C24H39N7O/c1-5-23-28-27-19-31(23)13-12-26-24(30-16-14-29(15-17-30)18-20(2)3)25-11-10-21-6-8-22(32-4)9-7-21/h6-9,19-20H,5,10-18H2,1-4H3,(H,25,26). The van der Waals surface area contributed by atoms with E-state index < -0.39 is 0 Å². The molecular weight excluding hydrogens is 402 g/mol. The number of aromatic nitrogens is 3. The first kappa shape index (κ1) is 24.0. The third-order valence-corrected chi connectivity index (χ3v) is 5.76. The van der Waals surface area contributed by atoms with Gasteiger partial charge in [0, 0.05) is 58.8 Å². The Bertz CT molecular complexity index is 823. The second-order valence-electron chi connectivity index (χ2n) is 8.71. The lowest BCUT2D eigenvalue weighted by Crippen LogP contribution is -2.53. The molecule has 1 aromatic carbocycles. The van der Waals surface area contributed by atoms with Crippen molar-refractivity contribution in [3.05, 3.63) is 42.0 Å². The molecule has 8 heteroatoms. The zero-order valence-corrected chi connectivity index (χ0v) is 20.1. The van der Waals surface area contributed by atoms with Crippen molar-refractivity contribution < 1.29 is 4.74 Å². The van der Waals surface area contributed by atoms with Crippen LogP contribution < -0.4 is 10.1 Å². The van der Waals surface area contributed by atoms with Gasteiger partial charge in [0.1, 0.15) is 17.9 Å². The monoisotopic (exact) mass is 441 g/mol. The summed E-state index contributed by atoms with van der Waals surface area (Å²) in [5.74, 6) is 3.62. The number of nitrogens with zero attached hydrogens (tertiary/aromatic N) is 6. The fourth-order valence-electron chi connectivity index (χ4n) is 4.04. The molecule has 1 fully saturated rings. The first-order valence-electron chi connectivity index (χ1n) is 11.8. The number of aliphatic imine (C=N–C) groups is 1. The van der Waals surface area contributed by atoms with Gasteiger partial charge in [-0.25, -0.2) is 0 Å². The molecule has 176 valence electrons.